The highest BCUT2D eigenvalue weighted by molar-refractivity contribution is 6.32. The molecule has 1 aliphatic rings. The molecule has 7 nitrogen and oxygen atoms in total. The third kappa shape index (κ3) is 3.50. The third-order valence-electron chi connectivity index (χ3n) is 5.80. The minimum atomic E-state index is -0.648. The molecule has 32 heavy (non-hydrogen) atoms. The average molecular weight is 456 g/mol. The van der Waals surface area contributed by atoms with Gasteiger partial charge in [-0.15, -0.1) is 0 Å². The first-order valence-electron chi connectivity index (χ1n) is 10.4. The van der Waals surface area contributed by atoms with E-state index in [-0.39, 0.29) is 28.7 Å². The van der Waals surface area contributed by atoms with Gasteiger partial charge in [-0.3, -0.25) is 14.4 Å². The van der Waals surface area contributed by atoms with Crippen molar-refractivity contribution in [3.8, 4) is 0 Å². The topological polar surface area (TPSA) is 100 Å². The van der Waals surface area contributed by atoms with Gasteiger partial charge in [0.25, 0.3) is 16.8 Å². The number of nitrogens with one attached hydrogen (secondary N) is 3. The van der Waals surface area contributed by atoms with E-state index >= 15 is 0 Å². The number of amides is 1. The molecular formula is C24H26ClN3O4. The van der Waals surface area contributed by atoms with Gasteiger partial charge in [0.1, 0.15) is 22.9 Å². The van der Waals surface area contributed by atoms with Crippen LogP contribution in [0.5, 0.6) is 0 Å². The molecule has 4 rings (SSSR count). The van der Waals surface area contributed by atoms with Gasteiger partial charge in [0, 0.05) is 10.6 Å². The molecule has 3 aromatic rings. The minimum Gasteiger partial charge on any atom is -0.464 e. The van der Waals surface area contributed by atoms with Gasteiger partial charge < -0.3 is 20.4 Å². The number of furan rings is 1. The van der Waals surface area contributed by atoms with Gasteiger partial charge in [-0.25, -0.2) is 0 Å². The number of aryl methyl sites for hydroxylation is 1. The zero-order valence-electron chi connectivity index (χ0n) is 18.9. The Morgan fingerprint density at radius 1 is 1.03 bits per heavy atom. The zero-order chi connectivity index (χ0) is 23.6. The van der Waals surface area contributed by atoms with Crippen molar-refractivity contribution in [3.63, 3.8) is 0 Å². The Morgan fingerprint density at radius 3 is 2.28 bits per heavy atom. The van der Waals surface area contributed by atoms with Gasteiger partial charge in [0.2, 0.25) is 0 Å². The van der Waals surface area contributed by atoms with E-state index in [0.29, 0.717) is 27.6 Å². The Kier molecular flexibility index (Phi) is 5.01. The summed E-state index contributed by atoms with van der Waals surface area (Å²) in [6, 6.07) is 6.68. The first-order chi connectivity index (χ1) is 14.8. The lowest BCUT2D eigenvalue weighted by Gasteiger charge is -2.31. The fraction of sp³-hybridized carbons (Fsp3) is 0.375. The lowest BCUT2D eigenvalue weighted by molar-refractivity contribution is 0.0941. The van der Waals surface area contributed by atoms with Crippen LogP contribution in [0.1, 0.15) is 68.1 Å². The molecule has 0 spiro atoms. The van der Waals surface area contributed by atoms with E-state index in [1.807, 2.05) is 53.7 Å². The van der Waals surface area contributed by atoms with Crippen molar-refractivity contribution in [2.75, 3.05) is 10.6 Å². The van der Waals surface area contributed by atoms with E-state index in [9.17, 15) is 14.4 Å². The summed E-state index contributed by atoms with van der Waals surface area (Å²) in [6.45, 7) is 11.6. The Hall–Kier alpha value is -3.06. The molecular weight excluding hydrogens is 430 g/mol. The lowest BCUT2D eigenvalue weighted by Crippen LogP contribution is -2.39. The standard InChI is InChI=1S/C24H26ClN3O4/c1-11-7-10-14(32-11)21(23(2,3)4)27-18-17(19(29)20(18)30)26-13-9-8-12(25)16-15(13)22(31)28-24(16,5)6/h7-10,21,26-27H,1-6H3,(H,28,31). The maximum atomic E-state index is 12.7. The highest BCUT2D eigenvalue weighted by Gasteiger charge is 2.40. The number of benzene rings is 1. The predicted molar refractivity (Wildman–Crippen MR) is 126 cm³/mol. The molecule has 3 N–H and O–H groups in total. The number of carbonyl (C=O) groups excluding carboxylic acids is 1. The van der Waals surface area contributed by atoms with Crippen molar-refractivity contribution >= 4 is 34.6 Å². The fourth-order valence-electron chi connectivity index (χ4n) is 4.19. The van der Waals surface area contributed by atoms with Gasteiger partial charge in [-0.2, -0.15) is 0 Å². The quantitative estimate of drug-likeness (QED) is 0.479. The van der Waals surface area contributed by atoms with Crippen LogP contribution in [0.25, 0.3) is 0 Å². The molecule has 8 heteroatoms. The van der Waals surface area contributed by atoms with Crippen LogP contribution in [-0.4, -0.2) is 5.91 Å². The van der Waals surface area contributed by atoms with Gasteiger partial charge in [-0.05, 0) is 50.5 Å². The summed E-state index contributed by atoms with van der Waals surface area (Å²) in [7, 11) is 0. The minimum absolute atomic E-state index is 0.120. The van der Waals surface area contributed by atoms with Crippen molar-refractivity contribution in [1.29, 1.82) is 0 Å². The summed E-state index contributed by atoms with van der Waals surface area (Å²) >= 11 is 6.37. The van der Waals surface area contributed by atoms with Crippen LogP contribution < -0.4 is 26.8 Å². The van der Waals surface area contributed by atoms with Crippen molar-refractivity contribution in [1.82, 2.24) is 5.32 Å². The van der Waals surface area contributed by atoms with E-state index in [0.717, 1.165) is 5.76 Å². The van der Waals surface area contributed by atoms with Gasteiger partial charge in [-0.1, -0.05) is 32.4 Å². The van der Waals surface area contributed by atoms with Crippen molar-refractivity contribution in [2.24, 2.45) is 5.41 Å². The first-order valence-corrected chi connectivity index (χ1v) is 10.8. The van der Waals surface area contributed by atoms with Crippen LogP contribution in [0, 0.1) is 12.3 Å². The van der Waals surface area contributed by atoms with E-state index in [2.05, 4.69) is 16.0 Å². The summed E-state index contributed by atoms with van der Waals surface area (Å²) < 4.78 is 5.80. The Balaban J connectivity index is 1.73. The predicted octanol–water partition coefficient (Wildman–Crippen LogP) is 4.76. The molecule has 2 aromatic carbocycles. The highest BCUT2D eigenvalue weighted by atomic mass is 35.5. The van der Waals surface area contributed by atoms with Crippen LogP contribution in [0.2, 0.25) is 5.02 Å². The highest BCUT2D eigenvalue weighted by Crippen LogP contribution is 2.42. The Morgan fingerprint density at radius 2 is 1.69 bits per heavy atom. The number of rotatable bonds is 5. The van der Waals surface area contributed by atoms with Crippen LogP contribution in [0.3, 0.4) is 0 Å². The van der Waals surface area contributed by atoms with Crippen molar-refractivity contribution < 1.29 is 9.21 Å². The normalized spacial score (nSPS) is 16.0. The van der Waals surface area contributed by atoms with Gasteiger partial charge in [0.05, 0.1) is 22.8 Å². The Bertz CT molecular complexity index is 1310. The summed E-state index contributed by atoms with van der Waals surface area (Å²) in [4.78, 5) is 37.6. The van der Waals surface area contributed by atoms with E-state index in [1.165, 1.54) is 0 Å². The second kappa shape index (κ2) is 7.24. The second-order valence-corrected chi connectivity index (χ2v) is 10.3. The molecule has 2 heterocycles. The van der Waals surface area contributed by atoms with Gasteiger partial charge >= 0.3 is 0 Å². The molecule has 168 valence electrons. The second-order valence-electron chi connectivity index (χ2n) is 9.85. The number of fused-ring (bicyclic) bond motifs is 1. The molecule has 1 unspecified atom stereocenters. The molecule has 1 aliphatic heterocycles. The lowest BCUT2D eigenvalue weighted by atomic mass is 9.84. The molecule has 0 fully saturated rings. The molecule has 0 saturated carbocycles. The summed E-state index contributed by atoms with van der Waals surface area (Å²) in [5.74, 6) is 1.13. The maximum absolute atomic E-state index is 12.7. The van der Waals surface area contributed by atoms with Crippen molar-refractivity contribution in [2.45, 2.75) is 53.1 Å². The SMILES string of the molecule is Cc1ccc(C(Nc2c(Nc3ccc(Cl)c4c3C(=O)NC4(C)C)c(=O)c2=O)C(C)(C)C)o1. The van der Waals surface area contributed by atoms with Crippen LogP contribution in [0.4, 0.5) is 17.1 Å². The monoisotopic (exact) mass is 455 g/mol. The van der Waals surface area contributed by atoms with Crippen LogP contribution in [0.15, 0.2) is 38.3 Å². The molecule has 0 saturated heterocycles. The summed E-state index contributed by atoms with van der Waals surface area (Å²) in [5, 5.41) is 9.57. The molecule has 0 aliphatic carbocycles. The van der Waals surface area contributed by atoms with E-state index < -0.39 is 16.4 Å². The van der Waals surface area contributed by atoms with Gasteiger partial charge in [0.15, 0.2) is 0 Å². The fourth-order valence-corrected chi connectivity index (χ4v) is 4.58. The average Bonchev–Trinajstić information content (AvgIpc) is 3.21. The van der Waals surface area contributed by atoms with E-state index in [4.69, 9.17) is 16.0 Å². The molecule has 1 atom stereocenters. The molecule has 1 amide bonds. The zero-order valence-corrected chi connectivity index (χ0v) is 19.7. The number of anilines is 3. The van der Waals surface area contributed by atoms with E-state index in [1.54, 1.807) is 12.1 Å². The number of hydrogen-bond acceptors (Lipinski definition) is 6. The van der Waals surface area contributed by atoms with Crippen LogP contribution >= 0.6 is 11.6 Å². The Labute approximate surface area is 190 Å². The summed E-state index contributed by atoms with van der Waals surface area (Å²) in [5.41, 5.74) is -0.477. The van der Waals surface area contributed by atoms with Crippen molar-refractivity contribution in [3.05, 3.63) is 72.4 Å². The van der Waals surface area contributed by atoms with Crippen LogP contribution in [-0.2, 0) is 5.54 Å². The smallest absolute Gasteiger partial charge is 0.254 e. The number of halogens is 1. The number of carbonyl (C=O) groups is 1. The third-order valence-corrected chi connectivity index (χ3v) is 6.12. The first kappa shape index (κ1) is 22.1. The maximum Gasteiger partial charge on any atom is 0.254 e. The molecule has 0 bridgehead atoms. The molecule has 1 aromatic heterocycles. The largest absolute Gasteiger partial charge is 0.464 e. The molecule has 0 radical (unpaired) electrons. The number of hydrogen-bond donors (Lipinski definition) is 3. The summed E-state index contributed by atoms with van der Waals surface area (Å²) in [6.07, 6.45) is 0.